The first-order valence-electron chi connectivity index (χ1n) is 7.78. The van der Waals surface area contributed by atoms with Crippen LogP contribution < -0.4 is 5.32 Å². The molecule has 0 radical (unpaired) electrons. The van der Waals surface area contributed by atoms with E-state index in [-0.39, 0.29) is 0 Å². The van der Waals surface area contributed by atoms with Crippen LogP contribution in [0.3, 0.4) is 0 Å². The van der Waals surface area contributed by atoms with E-state index in [1.54, 1.807) is 11.1 Å². The van der Waals surface area contributed by atoms with Crippen LogP contribution in [0.4, 0.5) is 0 Å². The molecule has 2 unspecified atom stereocenters. The second kappa shape index (κ2) is 5.64. The molecule has 104 valence electrons. The van der Waals surface area contributed by atoms with E-state index in [0.29, 0.717) is 12.1 Å². The predicted octanol–water partition coefficient (Wildman–Crippen LogP) is 2.92. The smallest absolute Gasteiger partial charge is 0.0294 e. The molecule has 1 aromatic carbocycles. The largest absolute Gasteiger partial charge is 0.306 e. The molecule has 1 aromatic rings. The Morgan fingerprint density at radius 3 is 2.74 bits per heavy atom. The molecule has 0 amide bonds. The van der Waals surface area contributed by atoms with Gasteiger partial charge in [0.25, 0.3) is 0 Å². The lowest BCUT2D eigenvalue weighted by Crippen LogP contribution is -2.33. The molecule has 2 atom stereocenters. The predicted molar refractivity (Wildman–Crippen MR) is 80.5 cm³/mol. The van der Waals surface area contributed by atoms with Gasteiger partial charge in [-0.05, 0) is 69.3 Å². The highest BCUT2D eigenvalue weighted by Crippen LogP contribution is 2.25. The molecule has 3 rings (SSSR count). The molecule has 0 bridgehead atoms. The number of hydrogen-bond donors (Lipinski definition) is 1. The Morgan fingerprint density at radius 1 is 1.21 bits per heavy atom. The van der Waals surface area contributed by atoms with E-state index < -0.39 is 0 Å². The summed E-state index contributed by atoms with van der Waals surface area (Å²) in [4.78, 5) is 2.41. The number of aryl methyl sites for hydroxylation is 2. The molecule has 2 aliphatic rings. The number of likely N-dealkylation sites (N-methyl/N-ethyl adjacent to an activating group) is 1. The lowest BCUT2D eigenvalue weighted by atomic mass is 9.89. The second-order valence-electron chi connectivity index (χ2n) is 6.37. The van der Waals surface area contributed by atoms with Crippen molar-refractivity contribution in [1.82, 2.24) is 10.2 Å². The Kier molecular flexibility index (Phi) is 3.90. The Morgan fingerprint density at radius 2 is 2.00 bits per heavy atom. The number of hydrogen-bond acceptors (Lipinski definition) is 2. The summed E-state index contributed by atoms with van der Waals surface area (Å²) in [6.45, 7) is 4.73. The van der Waals surface area contributed by atoms with E-state index in [4.69, 9.17) is 0 Å². The number of rotatable bonds is 3. The maximum absolute atomic E-state index is 3.79. The van der Waals surface area contributed by atoms with Crippen LogP contribution in [-0.4, -0.2) is 31.1 Å². The maximum Gasteiger partial charge on any atom is 0.0294 e. The van der Waals surface area contributed by atoms with Crippen LogP contribution in [0, 0.1) is 0 Å². The molecule has 0 aromatic heterocycles. The SMILES string of the molecule is CC(NC1CCN(C)C1)c1ccc2c(c1)CCCC2. The third kappa shape index (κ3) is 3.01. The Labute approximate surface area is 117 Å². The minimum absolute atomic E-state index is 0.476. The molecule has 0 spiro atoms. The first-order valence-corrected chi connectivity index (χ1v) is 7.78. The van der Waals surface area contributed by atoms with Crippen LogP contribution in [0.5, 0.6) is 0 Å². The Balaban J connectivity index is 1.67. The van der Waals surface area contributed by atoms with Gasteiger partial charge in [-0.3, -0.25) is 0 Å². The topological polar surface area (TPSA) is 15.3 Å². The highest BCUT2D eigenvalue weighted by Gasteiger charge is 2.21. The Bertz CT molecular complexity index is 441. The molecule has 1 N–H and O–H groups in total. The van der Waals surface area contributed by atoms with Crippen molar-refractivity contribution < 1.29 is 0 Å². The van der Waals surface area contributed by atoms with Gasteiger partial charge in [0.2, 0.25) is 0 Å². The van der Waals surface area contributed by atoms with Gasteiger partial charge < -0.3 is 10.2 Å². The first-order chi connectivity index (χ1) is 9.22. The number of benzene rings is 1. The minimum atomic E-state index is 0.476. The van der Waals surface area contributed by atoms with Crippen LogP contribution in [0.25, 0.3) is 0 Å². The highest BCUT2D eigenvalue weighted by atomic mass is 15.2. The van der Waals surface area contributed by atoms with Gasteiger partial charge in [-0.15, -0.1) is 0 Å². The van der Waals surface area contributed by atoms with Crippen LogP contribution >= 0.6 is 0 Å². The average Bonchev–Trinajstić information content (AvgIpc) is 2.83. The summed E-state index contributed by atoms with van der Waals surface area (Å²) < 4.78 is 0. The van der Waals surface area contributed by atoms with E-state index in [1.165, 1.54) is 50.8 Å². The number of likely N-dealkylation sites (tertiary alicyclic amines) is 1. The lowest BCUT2D eigenvalue weighted by molar-refractivity contribution is 0.387. The van der Waals surface area contributed by atoms with E-state index in [0.717, 1.165) is 0 Å². The van der Waals surface area contributed by atoms with Crippen LogP contribution in [0.15, 0.2) is 18.2 Å². The van der Waals surface area contributed by atoms with Crippen molar-refractivity contribution in [2.75, 3.05) is 20.1 Å². The molecule has 19 heavy (non-hydrogen) atoms. The monoisotopic (exact) mass is 258 g/mol. The fourth-order valence-corrected chi connectivity index (χ4v) is 3.54. The lowest BCUT2D eigenvalue weighted by Gasteiger charge is -2.22. The van der Waals surface area contributed by atoms with Crippen molar-refractivity contribution in [2.45, 2.75) is 51.1 Å². The molecule has 0 saturated carbocycles. The van der Waals surface area contributed by atoms with Crippen LogP contribution in [0.1, 0.15) is 48.9 Å². The zero-order valence-corrected chi connectivity index (χ0v) is 12.3. The minimum Gasteiger partial charge on any atom is -0.306 e. The number of nitrogens with one attached hydrogen (secondary N) is 1. The van der Waals surface area contributed by atoms with E-state index >= 15 is 0 Å². The van der Waals surface area contributed by atoms with Crippen molar-refractivity contribution in [3.63, 3.8) is 0 Å². The summed E-state index contributed by atoms with van der Waals surface area (Å²) in [5.74, 6) is 0. The standard InChI is InChI=1S/C17H26N2/c1-13(18-17-9-10-19(2)12-17)15-8-7-14-5-3-4-6-16(14)11-15/h7-8,11,13,17-18H,3-6,9-10,12H2,1-2H3. The van der Waals surface area contributed by atoms with Crippen LogP contribution in [0.2, 0.25) is 0 Å². The van der Waals surface area contributed by atoms with Crippen LogP contribution in [-0.2, 0) is 12.8 Å². The normalized spacial score (nSPS) is 25.3. The van der Waals surface area contributed by atoms with Gasteiger partial charge >= 0.3 is 0 Å². The van der Waals surface area contributed by atoms with E-state index in [2.05, 4.69) is 42.4 Å². The van der Waals surface area contributed by atoms with Gasteiger partial charge in [-0.2, -0.15) is 0 Å². The summed E-state index contributed by atoms with van der Waals surface area (Å²) in [5, 5.41) is 3.79. The van der Waals surface area contributed by atoms with Crippen molar-refractivity contribution in [2.24, 2.45) is 0 Å². The zero-order valence-electron chi connectivity index (χ0n) is 12.3. The molecule has 1 heterocycles. The molecule has 1 fully saturated rings. The molecule has 1 aliphatic carbocycles. The molecule has 2 nitrogen and oxygen atoms in total. The second-order valence-corrected chi connectivity index (χ2v) is 6.37. The van der Waals surface area contributed by atoms with E-state index in [1.807, 2.05) is 0 Å². The van der Waals surface area contributed by atoms with Gasteiger partial charge in [0.1, 0.15) is 0 Å². The van der Waals surface area contributed by atoms with Crippen molar-refractivity contribution in [3.05, 3.63) is 34.9 Å². The average molecular weight is 258 g/mol. The molecular weight excluding hydrogens is 232 g/mol. The maximum atomic E-state index is 3.79. The number of fused-ring (bicyclic) bond motifs is 1. The fraction of sp³-hybridized carbons (Fsp3) is 0.647. The summed E-state index contributed by atoms with van der Waals surface area (Å²) in [5.41, 5.74) is 4.65. The van der Waals surface area contributed by atoms with E-state index in [9.17, 15) is 0 Å². The summed E-state index contributed by atoms with van der Waals surface area (Å²) in [6.07, 6.45) is 6.58. The van der Waals surface area contributed by atoms with Gasteiger partial charge in [0, 0.05) is 18.6 Å². The first kappa shape index (κ1) is 13.1. The molecular formula is C17H26N2. The van der Waals surface area contributed by atoms with Crippen molar-refractivity contribution >= 4 is 0 Å². The van der Waals surface area contributed by atoms with Gasteiger partial charge in [0.05, 0.1) is 0 Å². The summed E-state index contributed by atoms with van der Waals surface area (Å²) in [7, 11) is 2.21. The zero-order chi connectivity index (χ0) is 13.2. The van der Waals surface area contributed by atoms with Crippen molar-refractivity contribution in [1.29, 1.82) is 0 Å². The fourth-order valence-electron chi connectivity index (χ4n) is 3.54. The molecule has 2 heteroatoms. The summed E-state index contributed by atoms with van der Waals surface area (Å²) in [6, 6.07) is 8.29. The quantitative estimate of drug-likeness (QED) is 0.897. The van der Waals surface area contributed by atoms with Crippen molar-refractivity contribution in [3.8, 4) is 0 Å². The van der Waals surface area contributed by atoms with Gasteiger partial charge in [-0.1, -0.05) is 18.2 Å². The van der Waals surface area contributed by atoms with Gasteiger partial charge in [0.15, 0.2) is 0 Å². The molecule has 1 saturated heterocycles. The third-order valence-corrected chi connectivity index (χ3v) is 4.75. The molecule has 1 aliphatic heterocycles. The summed E-state index contributed by atoms with van der Waals surface area (Å²) >= 11 is 0. The number of nitrogens with zero attached hydrogens (tertiary/aromatic N) is 1. The Hall–Kier alpha value is -0.860. The third-order valence-electron chi connectivity index (χ3n) is 4.75. The van der Waals surface area contributed by atoms with Gasteiger partial charge in [-0.25, -0.2) is 0 Å². The highest BCUT2D eigenvalue weighted by molar-refractivity contribution is 5.35.